The summed E-state index contributed by atoms with van der Waals surface area (Å²) in [6.45, 7) is 1.11. The van der Waals surface area contributed by atoms with Crippen LogP contribution in [0, 0.1) is 10.1 Å². The molecule has 2 rings (SSSR count). The number of nitro groups is 1. The van der Waals surface area contributed by atoms with Crippen molar-refractivity contribution in [1.82, 2.24) is 9.80 Å². The van der Waals surface area contributed by atoms with Crippen molar-refractivity contribution < 1.29 is 19.6 Å². The van der Waals surface area contributed by atoms with Crippen LogP contribution in [0.4, 0.5) is 5.69 Å². The number of likely N-dealkylation sites (N-methyl/N-ethyl adjacent to an activating group) is 1. The number of aliphatic hydroxyl groups excluding tert-OH is 1. The van der Waals surface area contributed by atoms with E-state index in [0.717, 1.165) is 19.4 Å². The van der Waals surface area contributed by atoms with Gasteiger partial charge < -0.3 is 14.7 Å². The monoisotopic (exact) mass is 337 g/mol. The van der Waals surface area contributed by atoms with E-state index >= 15 is 0 Å². The number of nitrogens with zero attached hydrogens (tertiary/aromatic N) is 3. The highest BCUT2D eigenvalue weighted by molar-refractivity contribution is 5.81. The molecule has 0 aliphatic carbocycles. The Kier molecular flexibility index (Phi) is 6.10. The van der Waals surface area contributed by atoms with Gasteiger partial charge >= 0.3 is 0 Å². The Labute approximate surface area is 140 Å². The standard InChI is InChI=1S/C16H23N3O5/c1-17(2)16(21)15-7-4-8-18(15)10-13(20)11-24-14-6-3-5-12(9-14)19(22)23/h3,5-6,9,13,15,20H,4,7-8,10-11H2,1-2H3. The number of hydrogen-bond donors (Lipinski definition) is 1. The van der Waals surface area contributed by atoms with E-state index in [4.69, 9.17) is 4.74 Å². The molecule has 1 aromatic rings. The summed E-state index contributed by atoms with van der Waals surface area (Å²) in [5.41, 5.74) is -0.0572. The Bertz CT molecular complexity index is 593. The molecule has 8 nitrogen and oxygen atoms in total. The average molecular weight is 337 g/mol. The van der Waals surface area contributed by atoms with Gasteiger partial charge in [-0.3, -0.25) is 19.8 Å². The van der Waals surface area contributed by atoms with Crippen molar-refractivity contribution in [3.63, 3.8) is 0 Å². The van der Waals surface area contributed by atoms with Crippen LogP contribution in [0.1, 0.15) is 12.8 Å². The van der Waals surface area contributed by atoms with Crippen molar-refractivity contribution in [1.29, 1.82) is 0 Å². The summed E-state index contributed by atoms with van der Waals surface area (Å²) in [7, 11) is 3.45. The molecule has 1 aliphatic rings. The van der Waals surface area contributed by atoms with Crippen LogP contribution in [-0.4, -0.2) is 71.7 Å². The molecule has 1 saturated heterocycles. The van der Waals surface area contributed by atoms with Gasteiger partial charge in [0.15, 0.2) is 0 Å². The molecule has 2 unspecified atom stereocenters. The molecule has 1 amide bonds. The molecule has 0 saturated carbocycles. The van der Waals surface area contributed by atoms with Crippen LogP contribution in [0.2, 0.25) is 0 Å². The van der Waals surface area contributed by atoms with Crippen molar-refractivity contribution in [2.24, 2.45) is 0 Å². The van der Waals surface area contributed by atoms with Crippen LogP contribution in [0.5, 0.6) is 5.75 Å². The number of non-ortho nitro benzene ring substituents is 1. The lowest BCUT2D eigenvalue weighted by atomic mass is 10.2. The second-order valence-electron chi connectivity index (χ2n) is 6.10. The van der Waals surface area contributed by atoms with Gasteiger partial charge in [0.2, 0.25) is 5.91 Å². The van der Waals surface area contributed by atoms with Gasteiger partial charge in [-0.2, -0.15) is 0 Å². The smallest absolute Gasteiger partial charge is 0.273 e. The lowest BCUT2D eigenvalue weighted by molar-refractivity contribution is -0.384. The van der Waals surface area contributed by atoms with Crippen LogP contribution in [0.25, 0.3) is 0 Å². The van der Waals surface area contributed by atoms with Gasteiger partial charge in [0.05, 0.1) is 17.0 Å². The van der Waals surface area contributed by atoms with Gasteiger partial charge in [-0.05, 0) is 25.5 Å². The molecule has 0 aromatic heterocycles. The SMILES string of the molecule is CN(C)C(=O)C1CCCN1CC(O)COc1cccc([N+](=O)[O-])c1. The van der Waals surface area contributed by atoms with E-state index in [-0.39, 0.29) is 24.2 Å². The van der Waals surface area contributed by atoms with Gasteiger partial charge in [0.25, 0.3) is 5.69 Å². The van der Waals surface area contributed by atoms with Crippen molar-refractivity contribution in [2.45, 2.75) is 25.0 Å². The highest BCUT2D eigenvalue weighted by Gasteiger charge is 2.32. The molecule has 2 atom stereocenters. The van der Waals surface area contributed by atoms with Crippen molar-refractivity contribution in [3.8, 4) is 5.75 Å². The number of rotatable bonds is 7. The Morgan fingerprint density at radius 2 is 2.29 bits per heavy atom. The molecular formula is C16H23N3O5. The Hall–Kier alpha value is -2.19. The molecule has 0 spiro atoms. The lowest BCUT2D eigenvalue weighted by Crippen LogP contribution is -2.46. The van der Waals surface area contributed by atoms with Gasteiger partial charge in [-0.15, -0.1) is 0 Å². The third-order valence-electron chi connectivity index (χ3n) is 4.01. The third kappa shape index (κ3) is 4.65. The molecule has 0 bridgehead atoms. The summed E-state index contributed by atoms with van der Waals surface area (Å²) in [4.78, 5) is 25.9. The average Bonchev–Trinajstić information content (AvgIpc) is 3.00. The van der Waals surface area contributed by atoms with Gasteiger partial charge in [-0.1, -0.05) is 6.07 Å². The fourth-order valence-electron chi connectivity index (χ4n) is 2.83. The predicted octanol–water partition coefficient (Wildman–Crippen LogP) is 0.887. The summed E-state index contributed by atoms with van der Waals surface area (Å²) in [5, 5.41) is 20.9. The molecular weight excluding hydrogens is 314 g/mol. The Morgan fingerprint density at radius 3 is 2.96 bits per heavy atom. The molecule has 8 heteroatoms. The number of β-amino-alcohol motifs (C(OH)–C–C–N with tert-alkyl or cyclic N) is 1. The van der Waals surface area contributed by atoms with Crippen molar-refractivity contribution in [2.75, 3.05) is 33.8 Å². The number of likely N-dealkylation sites (tertiary alicyclic amines) is 1. The zero-order valence-electron chi connectivity index (χ0n) is 13.9. The predicted molar refractivity (Wildman–Crippen MR) is 87.9 cm³/mol. The molecule has 1 aliphatic heterocycles. The molecule has 0 radical (unpaired) electrons. The quantitative estimate of drug-likeness (QED) is 0.586. The summed E-state index contributed by atoms with van der Waals surface area (Å²) in [6.07, 6.45) is 0.929. The van der Waals surface area contributed by atoms with Crippen LogP contribution >= 0.6 is 0 Å². The number of aliphatic hydroxyl groups is 1. The molecule has 132 valence electrons. The van der Waals surface area contributed by atoms with E-state index in [9.17, 15) is 20.0 Å². The van der Waals surface area contributed by atoms with E-state index in [0.29, 0.717) is 12.3 Å². The molecule has 1 aromatic carbocycles. The maximum atomic E-state index is 12.1. The van der Waals surface area contributed by atoms with E-state index in [2.05, 4.69) is 0 Å². The fourth-order valence-corrected chi connectivity index (χ4v) is 2.83. The highest BCUT2D eigenvalue weighted by Crippen LogP contribution is 2.21. The first-order valence-corrected chi connectivity index (χ1v) is 7.89. The van der Waals surface area contributed by atoms with E-state index in [1.807, 2.05) is 4.90 Å². The summed E-state index contributed by atoms with van der Waals surface area (Å²) in [6, 6.07) is 5.64. The highest BCUT2D eigenvalue weighted by atomic mass is 16.6. The second kappa shape index (κ2) is 8.07. The van der Waals surface area contributed by atoms with E-state index in [1.54, 1.807) is 25.1 Å². The topological polar surface area (TPSA) is 96.2 Å². The second-order valence-corrected chi connectivity index (χ2v) is 6.10. The third-order valence-corrected chi connectivity index (χ3v) is 4.01. The molecule has 1 fully saturated rings. The number of nitro benzene ring substituents is 1. The zero-order valence-corrected chi connectivity index (χ0v) is 13.9. The van der Waals surface area contributed by atoms with Gasteiger partial charge in [-0.25, -0.2) is 0 Å². The minimum absolute atomic E-state index is 0.0144. The van der Waals surface area contributed by atoms with Crippen molar-refractivity contribution >= 4 is 11.6 Å². The summed E-state index contributed by atoms with van der Waals surface area (Å²) in [5.74, 6) is 0.380. The minimum atomic E-state index is -0.778. The maximum Gasteiger partial charge on any atom is 0.273 e. The van der Waals surface area contributed by atoms with Crippen LogP contribution in [0.3, 0.4) is 0 Å². The largest absolute Gasteiger partial charge is 0.491 e. The van der Waals surface area contributed by atoms with Crippen LogP contribution < -0.4 is 4.74 Å². The minimum Gasteiger partial charge on any atom is -0.491 e. The Morgan fingerprint density at radius 1 is 1.54 bits per heavy atom. The first-order chi connectivity index (χ1) is 11.4. The number of carbonyl (C=O) groups is 1. The molecule has 1 N–H and O–H groups in total. The first-order valence-electron chi connectivity index (χ1n) is 7.89. The van der Waals surface area contributed by atoms with Crippen LogP contribution in [-0.2, 0) is 4.79 Å². The van der Waals surface area contributed by atoms with E-state index < -0.39 is 11.0 Å². The summed E-state index contributed by atoms with van der Waals surface area (Å²) >= 11 is 0. The number of ether oxygens (including phenoxy) is 1. The van der Waals surface area contributed by atoms with E-state index in [1.165, 1.54) is 18.2 Å². The normalized spacial score (nSPS) is 19.0. The van der Waals surface area contributed by atoms with Crippen LogP contribution in [0.15, 0.2) is 24.3 Å². The molecule has 24 heavy (non-hydrogen) atoms. The Balaban J connectivity index is 1.87. The lowest BCUT2D eigenvalue weighted by Gasteiger charge is -2.27. The first kappa shape index (κ1) is 18.2. The number of carbonyl (C=O) groups excluding carboxylic acids is 1. The van der Waals surface area contributed by atoms with Crippen molar-refractivity contribution in [3.05, 3.63) is 34.4 Å². The summed E-state index contributed by atoms with van der Waals surface area (Å²) < 4.78 is 5.44. The van der Waals surface area contributed by atoms with Gasteiger partial charge in [0.1, 0.15) is 18.5 Å². The number of amides is 1. The molecule has 1 heterocycles. The number of benzene rings is 1. The fraction of sp³-hybridized carbons (Fsp3) is 0.562. The maximum absolute atomic E-state index is 12.1. The number of hydrogen-bond acceptors (Lipinski definition) is 6. The zero-order chi connectivity index (χ0) is 17.7. The van der Waals surface area contributed by atoms with Gasteiger partial charge in [0, 0.05) is 26.7 Å².